The van der Waals surface area contributed by atoms with Crippen molar-refractivity contribution >= 4 is 48.4 Å². The Kier molecular flexibility index (Phi) is 7.38. The molecule has 38 heavy (non-hydrogen) atoms. The molecule has 17 heteroatoms. The Hall–Kier alpha value is -4.03. The second-order valence-corrected chi connectivity index (χ2v) is 12.1. The summed E-state index contributed by atoms with van der Waals surface area (Å²) in [7, 11) is -7.98. The van der Waals surface area contributed by atoms with Crippen molar-refractivity contribution in [1.29, 1.82) is 0 Å². The van der Waals surface area contributed by atoms with E-state index in [0.29, 0.717) is 22.6 Å². The van der Waals surface area contributed by atoms with E-state index in [9.17, 15) is 26.4 Å². The predicted octanol–water partition coefficient (Wildman–Crippen LogP) is 0.790. The monoisotopic (exact) mass is 577 g/mol. The SMILES string of the molecule is Cc1ccc(-c2nn(-c3ccc(S(N)(=O)=O)cc3)cc2C(=O)OCC(=O)Nc2nnc(S(N)(=O)=O)s2)cc1. The van der Waals surface area contributed by atoms with Gasteiger partial charge in [-0.1, -0.05) is 41.2 Å². The van der Waals surface area contributed by atoms with Gasteiger partial charge in [-0.3, -0.25) is 10.1 Å². The quantitative estimate of drug-likeness (QED) is 0.197. The van der Waals surface area contributed by atoms with E-state index in [4.69, 9.17) is 15.0 Å². The molecular weight excluding hydrogens is 558 g/mol. The fourth-order valence-corrected chi connectivity index (χ4v) is 4.97. The van der Waals surface area contributed by atoms with E-state index in [1.807, 2.05) is 19.1 Å². The number of nitrogens with zero attached hydrogens (tertiary/aromatic N) is 4. The minimum absolute atomic E-state index is 0.0320. The van der Waals surface area contributed by atoms with E-state index in [-0.39, 0.29) is 21.3 Å². The van der Waals surface area contributed by atoms with E-state index in [0.717, 1.165) is 5.56 Å². The third-order valence-electron chi connectivity index (χ3n) is 4.92. The Morgan fingerprint density at radius 2 is 1.63 bits per heavy atom. The van der Waals surface area contributed by atoms with E-state index in [1.54, 1.807) is 12.1 Å². The number of anilines is 1. The molecule has 0 aliphatic heterocycles. The van der Waals surface area contributed by atoms with Gasteiger partial charge in [-0.05, 0) is 31.2 Å². The van der Waals surface area contributed by atoms with Gasteiger partial charge in [0.2, 0.25) is 19.5 Å². The lowest BCUT2D eigenvalue weighted by molar-refractivity contribution is -0.119. The number of nitrogens with one attached hydrogen (secondary N) is 1. The van der Waals surface area contributed by atoms with Gasteiger partial charge in [0.1, 0.15) is 11.3 Å². The number of esters is 1. The summed E-state index contributed by atoms with van der Waals surface area (Å²) >= 11 is 0.537. The number of hydrogen-bond acceptors (Lipinski definition) is 11. The van der Waals surface area contributed by atoms with Crippen LogP contribution in [-0.2, 0) is 29.6 Å². The summed E-state index contributed by atoms with van der Waals surface area (Å²) in [5.74, 6) is -1.66. The summed E-state index contributed by atoms with van der Waals surface area (Å²) in [5, 5.41) is 23.6. The molecule has 4 aromatic rings. The number of carbonyl (C=O) groups excluding carboxylic acids is 2. The maximum Gasteiger partial charge on any atom is 0.342 e. The number of benzene rings is 2. The molecule has 0 unspecified atom stereocenters. The minimum Gasteiger partial charge on any atom is -0.452 e. The molecule has 0 radical (unpaired) electrons. The van der Waals surface area contributed by atoms with Crippen LogP contribution in [0.15, 0.2) is 64.0 Å². The summed E-state index contributed by atoms with van der Waals surface area (Å²) in [4.78, 5) is 25.1. The molecule has 1 amide bonds. The van der Waals surface area contributed by atoms with Crippen LogP contribution in [0.4, 0.5) is 5.13 Å². The Morgan fingerprint density at radius 3 is 2.21 bits per heavy atom. The summed E-state index contributed by atoms with van der Waals surface area (Å²) in [6, 6.07) is 12.7. The van der Waals surface area contributed by atoms with Crippen molar-refractivity contribution in [1.82, 2.24) is 20.0 Å². The summed E-state index contributed by atoms with van der Waals surface area (Å²) < 4.78 is 51.7. The molecule has 0 saturated carbocycles. The first-order chi connectivity index (χ1) is 17.8. The number of rotatable bonds is 8. The molecule has 2 aromatic carbocycles. The van der Waals surface area contributed by atoms with Crippen LogP contribution in [0.5, 0.6) is 0 Å². The van der Waals surface area contributed by atoms with E-state index >= 15 is 0 Å². The molecule has 0 fully saturated rings. The normalized spacial score (nSPS) is 11.8. The van der Waals surface area contributed by atoms with Crippen LogP contribution in [0.1, 0.15) is 15.9 Å². The lowest BCUT2D eigenvalue weighted by atomic mass is 10.1. The number of hydrogen-bond donors (Lipinski definition) is 3. The van der Waals surface area contributed by atoms with Gasteiger partial charge in [-0.25, -0.2) is 36.6 Å². The highest BCUT2D eigenvalue weighted by Crippen LogP contribution is 2.25. The minimum atomic E-state index is -4.08. The van der Waals surface area contributed by atoms with E-state index < -0.39 is 42.9 Å². The summed E-state index contributed by atoms with van der Waals surface area (Å²) in [6.07, 6.45) is 1.38. The molecule has 5 N–H and O–H groups in total. The highest BCUT2D eigenvalue weighted by atomic mass is 32.2. The van der Waals surface area contributed by atoms with Crippen molar-refractivity contribution in [3.05, 3.63) is 65.9 Å². The van der Waals surface area contributed by atoms with Crippen molar-refractivity contribution in [3.63, 3.8) is 0 Å². The molecule has 14 nitrogen and oxygen atoms in total. The third-order valence-corrected chi connectivity index (χ3v) is 8.00. The molecule has 0 atom stereocenters. The zero-order valence-corrected chi connectivity index (χ0v) is 21.9. The maximum absolute atomic E-state index is 13.0. The number of nitrogens with two attached hydrogens (primary N) is 2. The average Bonchev–Trinajstić information content (AvgIpc) is 3.50. The predicted molar refractivity (Wildman–Crippen MR) is 135 cm³/mol. The van der Waals surface area contributed by atoms with Crippen LogP contribution in [0, 0.1) is 6.92 Å². The Labute approximate surface area is 220 Å². The summed E-state index contributed by atoms with van der Waals surface area (Å²) in [6.45, 7) is 1.18. The molecule has 198 valence electrons. The Bertz CT molecular complexity index is 1730. The van der Waals surface area contributed by atoms with Gasteiger partial charge >= 0.3 is 5.97 Å². The third kappa shape index (κ3) is 6.26. The molecule has 0 aliphatic carbocycles. The highest BCUT2D eigenvalue weighted by Gasteiger charge is 2.22. The van der Waals surface area contributed by atoms with Crippen LogP contribution < -0.4 is 15.6 Å². The van der Waals surface area contributed by atoms with Crippen LogP contribution in [0.3, 0.4) is 0 Å². The number of ether oxygens (including phenoxy) is 1. The first kappa shape index (κ1) is 27.0. The standard InChI is InChI=1S/C21H19N7O7S3/c1-12-2-4-13(5-3-12)18-16(10-28(27-18)14-6-8-15(9-7-14)37(22,31)32)19(30)35-11-17(29)24-20-25-26-21(36-20)38(23,33)34/h2-10H,11H2,1H3,(H2,22,31,32)(H2,23,33,34)(H,24,25,29). The maximum atomic E-state index is 13.0. The molecule has 0 bridgehead atoms. The highest BCUT2D eigenvalue weighted by molar-refractivity contribution is 7.91. The topological polar surface area (TPSA) is 219 Å². The van der Waals surface area contributed by atoms with Crippen molar-refractivity contribution in [2.24, 2.45) is 10.3 Å². The number of aromatic nitrogens is 4. The molecule has 0 aliphatic rings. The largest absolute Gasteiger partial charge is 0.452 e. The smallest absolute Gasteiger partial charge is 0.342 e. The van der Waals surface area contributed by atoms with Gasteiger partial charge in [0.15, 0.2) is 6.61 Å². The Morgan fingerprint density at radius 1 is 0.974 bits per heavy atom. The molecule has 0 saturated heterocycles. The molecular formula is C21H19N7O7S3. The van der Waals surface area contributed by atoms with Gasteiger partial charge in [0, 0.05) is 11.8 Å². The molecule has 2 heterocycles. The van der Waals surface area contributed by atoms with E-state index in [1.165, 1.54) is 35.1 Å². The number of primary sulfonamides is 2. The number of carbonyl (C=O) groups is 2. The lowest BCUT2D eigenvalue weighted by Crippen LogP contribution is -2.21. The van der Waals surface area contributed by atoms with Gasteiger partial charge in [-0.15, -0.1) is 10.2 Å². The van der Waals surface area contributed by atoms with Gasteiger partial charge in [0.25, 0.3) is 15.9 Å². The summed E-state index contributed by atoms with van der Waals surface area (Å²) in [5.41, 5.74) is 2.30. The first-order valence-corrected chi connectivity index (χ1v) is 14.4. The van der Waals surface area contributed by atoms with Crippen molar-refractivity contribution in [2.75, 3.05) is 11.9 Å². The fourth-order valence-electron chi connectivity index (χ4n) is 3.11. The van der Waals surface area contributed by atoms with Crippen LogP contribution in [0.25, 0.3) is 16.9 Å². The van der Waals surface area contributed by atoms with Gasteiger partial charge in [0.05, 0.1) is 10.6 Å². The fraction of sp³-hybridized carbons (Fsp3) is 0.0952. The molecule has 0 spiro atoms. The van der Waals surface area contributed by atoms with E-state index in [2.05, 4.69) is 20.6 Å². The zero-order valence-electron chi connectivity index (χ0n) is 19.4. The van der Waals surface area contributed by atoms with Crippen molar-refractivity contribution < 1.29 is 31.2 Å². The van der Waals surface area contributed by atoms with Crippen LogP contribution in [0.2, 0.25) is 0 Å². The second-order valence-electron chi connectivity index (χ2n) is 7.78. The molecule has 4 rings (SSSR count). The second kappa shape index (κ2) is 10.4. The van der Waals surface area contributed by atoms with Gasteiger partial charge < -0.3 is 4.74 Å². The van der Waals surface area contributed by atoms with Crippen molar-refractivity contribution in [2.45, 2.75) is 16.2 Å². The lowest BCUT2D eigenvalue weighted by Gasteiger charge is -2.05. The zero-order chi connectivity index (χ0) is 27.7. The van der Waals surface area contributed by atoms with Crippen molar-refractivity contribution in [3.8, 4) is 16.9 Å². The molecule has 2 aromatic heterocycles. The Balaban J connectivity index is 1.56. The first-order valence-electron chi connectivity index (χ1n) is 10.4. The van der Waals surface area contributed by atoms with Gasteiger partial charge in [-0.2, -0.15) is 5.10 Å². The number of amides is 1. The number of aryl methyl sites for hydroxylation is 1. The number of sulfonamides is 2. The van der Waals surface area contributed by atoms with Crippen LogP contribution >= 0.6 is 11.3 Å². The average molecular weight is 578 g/mol. The van der Waals surface area contributed by atoms with Crippen LogP contribution in [-0.4, -0.2) is 55.3 Å².